The standard InChI is InChI=1S/C14H19F3N2O3.Li/c1-13(2,18(3)4)7-8-19-10(14(15,16)17)6-5-9(11(19)20)12(21)22;/h5-6H,7-8H2,1-4H3,(H,21,22);/q;+1/p-1. The number of hydrogen-bond acceptors (Lipinski definition) is 4. The van der Waals surface area contributed by atoms with E-state index in [1.54, 1.807) is 14.1 Å². The van der Waals surface area contributed by atoms with Gasteiger partial charge in [0.1, 0.15) is 5.69 Å². The van der Waals surface area contributed by atoms with Crippen molar-refractivity contribution in [3.8, 4) is 0 Å². The second kappa shape index (κ2) is 7.56. The number of pyridine rings is 1. The first-order chi connectivity index (χ1) is 9.88. The van der Waals surface area contributed by atoms with Crippen molar-refractivity contribution in [3.63, 3.8) is 0 Å². The third-order valence-corrected chi connectivity index (χ3v) is 3.84. The predicted octanol–water partition coefficient (Wildman–Crippen LogP) is -2.04. The fourth-order valence-corrected chi connectivity index (χ4v) is 1.81. The molecule has 0 aliphatic heterocycles. The van der Waals surface area contributed by atoms with E-state index < -0.39 is 34.5 Å². The van der Waals surface area contributed by atoms with E-state index >= 15 is 0 Å². The Balaban J connectivity index is 0.00000484. The van der Waals surface area contributed by atoms with Crippen LogP contribution in [0, 0.1) is 0 Å². The summed E-state index contributed by atoms with van der Waals surface area (Å²) in [6.07, 6.45) is -4.51. The summed E-state index contributed by atoms with van der Waals surface area (Å²) in [6.45, 7) is 3.38. The van der Waals surface area contributed by atoms with Crippen LogP contribution in [-0.2, 0) is 12.7 Å². The Bertz CT molecular complexity index is 625. The largest absolute Gasteiger partial charge is 1.00 e. The van der Waals surface area contributed by atoms with Crippen molar-refractivity contribution in [2.45, 2.75) is 38.5 Å². The van der Waals surface area contributed by atoms with Crippen molar-refractivity contribution >= 4 is 5.97 Å². The smallest absolute Gasteiger partial charge is 0.545 e. The van der Waals surface area contributed by atoms with Crippen LogP contribution >= 0.6 is 0 Å². The SMILES string of the molecule is CN(C)C(C)(C)CCn1c(C(F)(F)F)ccc(C(=O)[O-])c1=O.[Li+]. The molecule has 1 aromatic rings. The topological polar surface area (TPSA) is 65.4 Å². The van der Waals surface area contributed by atoms with Crippen LogP contribution in [0.2, 0.25) is 0 Å². The van der Waals surface area contributed by atoms with E-state index in [0.717, 1.165) is 0 Å². The number of nitrogens with zero attached hydrogens (tertiary/aromatic N) is 2. The Hall–Kier alpha value is -1.23. The zero-order valence-corrected chi connectivity index (χ0v) is 13.8. The Morgan fingerprint density at radius 1 is 1.26 bits per heavy atom. The molecule has 0 fully saturated rings. The first kappa shape index (κ1) is 21.8. The minimum Gasteiger partial charge on any atom is -0.545 e. The number of carbonyl (C=O) groups excluding carboxylic acids is 1. The number of rotatable bonds is 5. The van der Waals surface area contributed by atoms with Gasteiger partial charge in [-0.25, -0.2) is 0 Å². The van der Waals surface area contributed by atoms with Crippen molar-refractivity contribution in [2.24, 2.45) is 0 Å². The predicted molar refractivity (Wildman–Crippen MR) is 72.4 cm³/mol. The van der Waals surface area contributed by atoms with Gasteiger partial charge in [0.25, 0.3) is 5.56 Å². The van der Waals surface area contributed by atoms with Crippen LogP contribution < -0.4 is 29.5 Å². The number of aromatic nitrogens is 1. The van der Waals surface area contributed by atoms with E-state index in [0.29, 0.717) is 16.7 Å². The fraction of sp³-hybridized carbons (Fsp3) is 0.571. The summed E-state index contributed by atoms with van der Waals surface area (Å²) in [5, 5.41) is 10.8. The maximum Gasteiger partial charge on any atom is 1.00 e. The molecule has 0 atom stereocenters. The summed E-state index contributed by atoms with van der Waals surface area (Å²) in [6, 6.07) is 1.23. The summed E-state index contributed by atoms with van der Waals surface area (Å²) in [5.41, 5.74) is -3.61. The van der Waals surface area contributed by atoms with Crippen LogP contribution in [0.15, 0.2) is 16.9 Å². The molecule has 1 heterocycles. The summed E-state index contributed by atoms with van der Waals surface area (Å²) < 4.78 is 39.5. The van der Waals surface area contributed by atoms with E-state index in [9.17, 15) is 27.9 Å². The van der Waals surface area contributed by atoms with E-state index in [4.69, 9.17) is 0 Å². The van der Waals surface area contributed by atoms with E-state index in [1.165, 1.54) is 0 Å². The molecule has 0 spiro atoms. The second-order valence-corrected chi connectivity index (χ2v) is 5.83. The molecule has 1 aromatic heterocycles. The van der Waals surface area contributed by atoms with Crippen LogP contribution in [0.1, 0.15) is 36.3 Å². The molecule has 0 saturated heterocycles. The average molecular weight is 326 g/mol. The normalized spacial score (nSPS) is 12.2. The number of carbonyl (C=O) groups is 1. The van der Waals surface area contributed by atoms with E-state index in [1.807, 2.05) is 18.7 Å². The molecule has 5 nitrogen and oxygen atoms in total. The van der Waals surface area contributed by atoms with Gasteiger partial charge in [-0.3, -0.25) is 4.79 Å². The fourth-order valence-electron chi connectivity index (χ4n) is 1.81. The van der Waals surface area contributed by atoms with Crippen LogP contribution in [0.25, 0.3) is 0 Å². The first-order valence-electron chi connectivity index (χ1n) is 6.58. The van der Waals surface area contributed by atoms with Gasteiger partial charge in [0.15, 0.2) is 0 Å². The van der Waals surface area contributed by atoms with Gasteiger partial charge in [-0.15, -0.1) is 0 Å². The van der Waals surface area contributed by atoms with Gasteiger partial charge in [-0.05, 0) is 46.5 Å². The van der Waals surface area contributed by atoms with Gasteiger partial charge in [-0.2, -0.15) is 13.2 Å². The Kier molecular flexibility index (Phi) is 7.15. The number of alkyl halides is 3. The van der Waals surface area contributed by atoms with Crippen LogP contribution in [0.4, 0.5) is 13.2 Å². The number of hydrogen-bond donors (Lipinski definition) is 0. The molecule has 0 radical (unpaired) electrons. The van der Waals surface area contributed by atoms with E-state index in [-0.39, 0.29) is 31.8 Å². The van der Waals surface area contributed by atoms with E-state index in [2.05, 4.69) is 0 Å². The van der Waals surface area contributed by atoms with Crippen LogP contribution in [0.5, 0.6) is 0 Å². The van der Waals surface area contributed by atoms with Crippen molar-refractivity contribution in [1.82, 2.24) is 9.47 Å². The molecule has 124 valence electrons. The number of carboxylic acids is 1. The van der Waals surface area contributed by atoms with Crippen molar-refractivity contribution < 1.29 is 41.9 Å². The quantitative estimate of drug-likeness (QED) is 0.585. The summed E-state index contributed by atoms with van der Waals surface area (Å²) in [4.78, 5) is 24.6. The molecule has 0 aliphatic rings. The average Bonchev–Trinajstić information content (AvgIpc) is 2.34. The Labute approximate surface area is 144 Å². The van der Waals surface area contributed by atoms with Crippen LogP contribution in [-0.4, -0.2) is 35.1 Å². The summed E-state index contributed by atoms with van der Waals surface area (Å²) in [7, 11) is 3.54. The summed E-state index contributed by atoms with van der Waals surface area (Å²) >= 11 is 0. The summed E-state index contributed by atoms with van der Waals surface area (Å²) in [5.74, 6) is -1.79. The third-order valence-electron chi connectivity index (χ3n) is 3.84. The van der Waals surface area contributed by atoms with Gasteiger partial charge in [0, 0.05) is 12.1 Å². The molecule has 0 saturated carbocycles. The molecule has 23 heavy (non-hydrogen) atoms. The molecule has 0 unspecified atom stereocenters. The Morgan fingerprint density at radius 3 is 2.17 bits per heavy atom. The molecule has 9 heteroatoms. The minimum atomic E-state index is -4.74. The van der Waals surface area contributed by atoms with Gasteiger partial charge < -0.3 is 19.4 Å². The molecule has 0 bridgehead atoms. The number of halogens is 3. The second-order valence-electron chi connectivity index (χ2n) is 5.83. The van der Waals surface area contributed by atoms with Crippen molar-refractivity contribution in [2.75, 3.05) is 14.1 Å². The van der Waals surface area contributed by atoms with Crippen molar-refractivity contribution in [1.29, 1.82) is 0 Å². The first-order valence-corrected chi connectivity index (χ1v) is 6.58. The molecular weight excluding hydrogens is 308 g/mol. The van der Waals surface area contributed by atoms with Crippen molar-refractivity contribution in [3.05, 3.63) is 33.7 Å². The van der Waals surface area contributed by atoms with Crippen LogP contribution in [0.3, 0.4) is 0 Å². The molecule has 0 N–H and O–H groups in total. The zero-order valence-electron chi connectivity index (χ0n) is 13.8. The zero-order chi connectivity index (χ0) is 17.3. The monoisotopic (exact) mass is 326 g/mol. The minimum absolute atomic E-state index is 0. The molecule has 0 aliphatic carbocycles. The third kappa shape index (κ3) is 5.13. The number of aromatic carboxylic acids is 1. The maximum absolute atomic E-state index is 13.0. The molecule has 1 rings (SSSR count). The van der Waals surface area contributed by atoms with Gasteiger partial charge in [-0.1, -0.05) is 0 Å². The van der Waals surface area contributed by atoms with Gasteiger partial charge in [0.05, 0.1) is 11.5 Å². The molecule has 0 aromatic carbocycles. The number of carboxylic acid groups (broad SMARTS) is 1. The molecule has 0 amide bonds. The van der Waals surface area contributed by atoms with Gasteiger partial charge >= 0.3 is 25.0 Å². The maximum atomic E-state index is 13.0. The Morgan fingerprint density at radius 2 is 1.78 bits per heavy atom. The molecular formula is C14H18F3LiN2O3. The van der Waals surface area contributed by atoms with Gasteiger partial charge in [0.2, 0.25) is 0 Å².